The van der Waals surface area contributed by atoms with E-state index in [0.717, 1.165) is 4.90 Å². The molecule has 0 atom stereocenters. The molecule has 6 nitrogen and oxygen atoms in total. The van der Waals surface area contributed by atoms with Crippen molar-refractivity contribution in [2.24, 2.45) is 0 Å². The number of likely N-dealkylation sites (N-methyl/N-ethyl adjacent to an activating group) is 1. The number of hydrogen-bond acceptors (Lipinski definition) is 4. The smallest absolute Gasteiger partial charge is 0.328 e. The van der Waals surface area contributed by atoms with Crippen molar-refractivity contribution in [3.63, 3.8) is 0 Å². The number of amides is 3. The Morgan fingerprint density at radius 1 is 1.23 bits per heavy atom. The van der Waals surface area contributed by atoms with Crippen LogP contribution in [-0.2, 0) is 4.79 Å². The molecule has 1 aliphatic rings. The molecule has 0 saturated carbocycles. The highest BCUT2D eigenvalue weighted by Crippen LogP contribution is 2.37. The zero-order valence-electron chi connectivity index (χ0n) is 12.6. The zero-order chi connectivity index (χ0) is 16.3. The number of imide groups is 1. The summed E-state index contributed by atoms with van der Waals surface area (Å²) in [6, 6.07) is 2.91. The lowest BCUT2D eigenvalue weighted by atomic mass is 10.1. The number of urea groups is 1. The van der Waals surface area contributed by atoms with Crippen molar-refractivity contribution in [1.82, 2.24) is 10.2 Å². The van der Waals surface area contributed by atoms with E-state index in [4.69, 9.17) is 21.1 Å². The van der Waals surface area contributed by atoms with Gasteiger partial charge >= 0.3 is 6.03 Å². The lowest BCUT2D eigenvalue weighted by molar-refractivity contribution is -0.121. The number of hydrogen-bond donors (Lipinski definition) is 1. The summed E-state index contributed by atoms with van der Waals surface area (Å²) < 4.78 is 11.0. The van der Waals surface area contributed by atoms with Crippen LogP contribution >= 0.6 is 11.6 Å². The van der Waals surface area contributed by atoms with E-state index in [-0.39, 0.29) is 5.70 Å². The summed E-state index contributed by atoms with van der Waals surface area (Å²) in [5, 5.41) is 2.88. The normalized spacial score (nSPS) is 16.2. The lowest BCUT2D eigenvalue weighted by Crippen LogP contribution is -2.25. The van der Waals surface area contributed by atoms with E-state index in [9.17, 15) is 9.59 Å². The first kappa shape index (κ1) is 16.2. The van der Waals surface area contributed by atoms with Crippen molar-refractivity contribution >= 4 is 29.6 Å². The topological polar surface area (TPSA) is 67.9 Å². The summed E-state index contributed by atoms with van der Waals surface area (Å²) >= 11 is 6.21. The van der Waals surface area contributed by atoms with Crippen LogP contribution in [0.3, 0.4) is 0 Å². The monoisotopic (exact) mass is 324 g/mol. The minimum absolute atomic E-state index is 0.190. The Labute approximate surface area is 133 Å². The number of rotatable bonds is 5. The number of halogens is 1. The molecule has 0 radical (unpaired) electrons. The third-order valence-electron chi connectivity index (χ3n) is 3.01. The average molecular weight is 325 g/mol. The fourth-order valence-electron chi connectivity index (χ4n) is 2.01. The van der Waals surface area contributed by atoms with Crippen LogP contribution in [0.25, 0.3) is 6.08 Å². The van der Waals surface area contributed by atoms with E-state index in [2.05, 4.69) is 5.32 Å². The number of nitrogens with one attached hydrogen (secondary N) is 1. The molecule has 0 spiro atoms. The molecule has 1 heterocycles. The highest BCUT2D eigenvalue weighted by molar-refractivity contribution is 6.32. The summed E-state index contributed by atoms with van der Waals surface area (Å²) in [5.41, 5.74) is 0.825. The SMILES string of the molecule is CCOc1cc(/C=C2/NC(=O)N(C)C2=O)cc(Cl)c1OCC. The third-order valence-corrected chi connectivity index (χ3v) is 3.29. The van der Waals surface area contributed by atoms with Gasteiger partial charge in [0, 0.05) is 7.05 Å². The predicted octanol–water partition coefficient (Wildman–Crippen LogP) is 2.66. The number of nitrogens with zero attached hydrogens (tertiary/aromatic N) is 1. The maximum absolute atomic E-state index is 11.9. The summed E-state index contributed by atoms with van der Waals surface area (Å²) in [7, 11) is 1.41. The first-order chi connectivity index (χ1) is 10.5. The van der Waals surface area contributed by atoms with E-state index >= 15 is 0 Å². The minimum Gasteiger partial charge on any atom is -0.490 e. The lowest BCUT2D eigenvalue weighted by Gasteiger charge is -2.13. The molecule has 0 bridgehead atoms. The predicted molar refractivity (Wildman–Crippen MR) is 83.1 cm³/mol. The Morgan fingerprint density at radius 3 is 2.45 bits per heavy atom. The average Bonchev–Trinajstić information content (AvgIpc) is 2.70. The second kappa shape index (κ2) is 6.70. The van der Waals surface area contributed by atoms with Crippen LogP contribution in [0.15, 0.2) is 17.8 Å². The molecular formula is C15H17ClN2O4. The standard InChI is InChI=1S/C15H17ClN2O4/c1-4-21-12-8-9(6-10(16)13(12)22-5-2)7-11-14(19)18(3)15(20)17-11/h6-8H,4-5H2,1-3H3,(H,17,20)/b11-7+. The van der Waals surface area contributed by atoms with Gasteiger partial charge in [-0.2, -0.15) is 0 Å². The zero-order valence-corrected chi connectivity index (χ0v) is 13.4. The Balaban J connectivity index is 2.40. The Bertz CT molecular complexity index is 643. The maximum atomic E-state index is 11.9. The van der Waals surface area contributed by atoms with Crippen LogP contribution in [0.4, 0.5) is 4.79 Å². The van der Waals surface area contributed by atoms with Gasteiger partial charge in [-0.1, -0.05) is 11.6 Å². The molecule has 1 aliphatic heterocycles. The van der Waals surface area contributed by atoms with Gasteiger partial charge in [-0.25, -0.2) is 4.79 Å². The van der Waals surface area contributed by atoms with Gasteiger partial charge in [-0.05, 0) is 37.6 Å². The van der Waals surface area contributed by atoms with Crippen LogP contribution in [0.5, 0.6) is 11.5 Å². The third kappa shape index (κ3) is 3.17. The Kier molecular flexibility index (Phi) is 4.92. The van der Waals surface area contributed by atoms with Crippen LogP contribution in [-0.4, -0.2) is 37.1 Å². The van der Waals surface area contributed by atoms with Crippen LogP contribution in [0, 0.1) is 0 Å². The Morgan fingerprint density at radius 2 is 1.91 bits per heavy atom. The molecule has 118 valence electrons. The summed E-state index contributed by atoms with van der Waals surface area (Å²) in [6.07, 6.45) is 1.55. The molecule has 1 saturated heterocycles. The molecule has 2 rings (SSSR count). The quantitative estimate of drug-likeness (QED) is 0.668. The van der Waals surface area contributed by atoms with Gasteiger partial charge in [0.15, 0.2) is 11.5 Å². The fourth-order valence-corrected chi connectivity index (χ4v) is 2.28. The summed E-state index contributed by atoms with van der Waals surface area (Å²) in [5.74, 6) is 0.564. The van der Waals surface area contributed by atoms with Crippen LogP contribution in [0.1, 0.15) is 19.4 Å². The van der Waals surface area contributed by atoms with Crippen molar-refractivity contribution in [3.05, 3.63) is 28.4 Å². The van der Waals surface area contributed by atoms with Gasteiger partial charge in [0.25, 0.3) is 5.91 Å². The molecular weight excluding hydrogens is 308 g/mol. The second-order valence-corrected chi connectivity index (χ2v) is 4.96. The molecule has 22 heavy (non-hydrogen) atoms. The molecule has 3 amide bonds. The number of carbonyl (C=O) groups excluding carboxylic acids is 2. The summed E-state index contributed by atoms with van der Waals surface area (Å²) in [6.45, 7) is 4.61. The minimum atomic E-state index is -0.460. The molecule has 1 aromatic rings. The molecule has 0 unspecified atom stereocenters. The first-order valence-corrected chi connectivity index (χ1v) is 7.25. The van der Waals surface area contributed by atoms with Crippen molar-refractivity contribution in [2.75, 3.05) is 20.3 Å². The van der Waals surface area contributed by atoms with Crippen LogP contribution < -0.4 is 14.8 Å². The van der Waals surface area contributed by atoms with E-state index in [1.807, 2.05) is 13.8 Å². The van der Waals surface area contributed by atoms with E-state index in [0.29, 0.717) is 35.3 Å². The first-order valence-electron chi connectivity index (χ1n) is 6.87. The van der Waals surface area contributed by atoms with Crippen molar-refractivity contribution < 1.29 is 19.1 Å². The maximum Gasteiger partial charge on any atom is 0.328 e. The van der Waals surface area contributed by atoms with Gasteiger partial charge < -0.3 is 14.8 Å². The highest BCUT2D eigenvalue weighted by Gasteiger charge is 2.30. The van der Waals surface area contributed by atoms with E-state index in [1.54, 1.807) is 18.2 Å². The van der Waals surface area contributed by atoms with Gasteiger partial charge in [-0.3, -0.25) is 9.69 Å². The van der Waals surface area contributed by atoms with Gasteiger partial charge in [0.05, 0.1) is 18.2 Å². The second-order valence-electron chi connectivity index (χ2n) is 4.55. The van der Waals surface area contributed by atoms with Crippen molar-refractivity contribution in [1.29, 1.82) is 0 Å². The fraction of sp³-hybridized carbons (Fsp3) is 0.333. The molecule has 0 aromatic heterocycles. The van der Waals surface area contributed by atoms with Gasteiger partial charge in [0.1, 0.15) is 5.70 Å². The summed E-state index contributed by atoms with van der Waals surface area (Å²) in [4.78, 5) is 24.3. The number of carbonyl (C=O) groups is 2. The highest BCUT2D eigenvalue weighted by atomic mass is 35.5. The number of ether oxygens (including phenoxy) is 2. The molecule has 0 aliphatic carbocycles. The van der Waals surface area contributed by atoms with Crippen molar-refractivity contribution in [2.45, 2.75) is 13.8 Å². The largest absolute Gasteiger partial charge is 0.490 e. The molecule has 1 aromatic carbocycles. The van der Waals surface area contributed by atoms with Crippen molar-refractivity contribution in [3.8, 4) is 11.5 Å². The number of benzene rings is 1. The molecule has 7 heteroatoms. The molecule has 1 fully saturated rings. The van der Waals surface area contributed by atoms with Gasteiger partial charge in [-0.15, -0.1) is 0 Å². The molecule has 1 N–H and O–H groups in total. The van der Waals surface area contributed by atoms with Crippen LogP contribution in [0.2, 0.25) is 5.02 Å². The van der Waals surface area contributed by atoms with E-state index < -0.39 is 11.9 Å². The Hall–Kier alpha value is -2.21. The van der Waals surface area contributed by atoms with Gasteiger partial charge in [0.2, 0.25) is 0 Å². The van der Waals surface area contributed by atoms with E-state index in [1.165, 1.54) is 7.05 Å².